The van der Waals surface area contributed by atoms with Gasteiger partial charge in [0.15, 0.2) is 0 Å². The van der Waals surface area contributed by atoms with Crippen molar-refractivity contribution in [2.24, 2.45) is 0 Å². The summed E-state index contributed by atoms with van der Waals surface area (Å²) in [4.78, 5) is 5.19. The predicted molar refractivity (Wildman–Crippen MR) is 171 cm³/mol. The van der Waals surface area contributed by atoms with Gasteiger partial charge in [0.25, 0.3) is 0 Å². The second kappa shape index (κ2) is 8.51. The molecule has 1 aliphatic carbocycles. The summed E-state index contributed by atoms with van der Waals surface area (Å²) in [6, 6.07) is 52.4. The van der Waals surface area contributed by atoms with Gasteiger partial charge in [0.05, 0.1) is 22.4 Å². The molecule has 0 radical (unpaired) electrons. The first-order valence-corrected chi connectivity index (χ1v) is 14.1. The highest BCUT2D eigenvalue weighted by Crippen LogP contribution is 2.47. The Kier molecular flexibility index (Phi) is 4.64. The molecule has 0 bridgehead atoms. The molecular formula is C39H24N2. The molecule has 0 saturated heterocycles. The maximum Gasteiger partial charge on any atom is 0.0800 e. The molecule has 2 aromatic heterocycles. The quantitative estimate of drug-likeness (QED) is 0.227. The molecule has 8 aromatic rings. The number of rotatable bonds is 3. The van der Waals surface area contributed by atoms with Gasteiger partial charge in [-0.3, -0.25) is 0 Å². The van der Waals surface area contributed by atoms with Crippen molar-refractivity contribution >= 4 is 32.6 Å². The molecule has 0 saturated carbocycles. The predicted octanol–water partition coefficient (Wildman–Crippen LogP) is 10.3. The van der Waals surface area contributed by atoms with E-state index in [0.29, 0.717) is 0 Å². The highest BCUT2D eigenvalue weighted by atomic mass is 15.0. The van der Waals surface area contributed by atoms with Crippen LogP contribution in [0, 0.1) is 0 Å². The highest BCUT2D eigenvalue weighted by Gasteiger charge is 2.23. The molecule has 0 aliphatic heterocycles. The molecule has 2 heteroatoms. The second-order valence-electron chi connectivity index (χ2n) is 10.8. The van der Waals surface area contributed by atoms with E-state index in [1.807, 2.05) is 0 Å². The van der Waals surface area contributed by atoms with Gasteiger partial charge < -0.3 is 4.57 Å². The van der Waals surface area contributed by atoms with E-state index in [9.17, 15) is 0 Å². The van der Waals surface area contributed by atoms with E-state index in [1.54, 1.807) is 0 Å². The number of hydrogen-bond donors (Lipinski definition) is 0. The number of hydrogen-bond acceptors (Lipinski definition) is 1. The highest BCUT2D eigenvalue weighted by molar-refractivity contribution is 6.14. The molecule has 0 atom stereocenters. The molecular weight excluding hydrogens is 496 g/mol. The first kappa shape index (κ1) is 22.4. The zero-order chi connectivity index (χ0) is 26.9. The fourth-order valence-corrected chi connectivity index (χ4v) is 6.64. The second-order valence-corrected chi connectivity index (χ2v) is 10.8. The van der Waals surface area contributed by atoms with Crippen molar-refractivity contribution in [3.05, 3.63) is 146 Å². The first-order valence-electron chi connectivity index (χ1n) is 14.1. The number of para-hydroxylation sites is 2. The van der Waals surface area contributed by atoms with E-state index in [-0.39, 0.29) is 0 Å². The largest absolute Gasteiger partial charge is 0.309 e. The number of pyridine rings is 1. The Bertz CT molecular complexity index is 2290. The van der Waals surface area contributed by atoms with Crippen molar-refractivity contribution in [1.29, 1.82) is 0 Å². The van der Waals surface area contributed by atoms with E-state index in [4.69, 9.17) is 4.98 Å². The van der Waals surface area contributed by atoms with Crippen LogP contribution < -0.4 is 0 Å². The van der Waals surface area contributed by atoms with Crippen LogP contribution in [0.5, 0.6) is 0 Å². The molecule has 2 heterocycles. The molecule has 1 aliphatic rings. The zero-order valence-corrected chi connectivity index (χ0v) is 22.3. The van der Waals surface area contributed by atoms with Crippen LogP contribution in [0.25, 0.3) is 83.0 Å². The summed E-state index contributed by atoms with van der Waals surface area (Å²) in [6.45, 7) is 0. The average molecular weight is 521 g/mol. The van der Waals surface area contributed by atoms with Gasteiger partial charge in [0, 0.05) is 33.0 Å². The Morgan fingerprint density at radius 1 is 0.439 bits per heavy atom. The molecule has 0 unspecified atom stereocenters. The van der Waals surface area contributed by atoms with E-state index >= 15 is 0 Å². The molecule has 6 aromatic carbocycles. The number of aromatic nitrogens is 2. The van der Waals surface area contributed by atoms with E-state index < -0.39 is 0 Å². The van der Waals surface area contributed by atoms with Crippen LogP contribution in [-0.4, -0.2) is 9.55 Å². The summed E-state index contributed by atoms with van der Waals surface area (Å²) in [6.07, 6.45) is 0. The Labute approximate surface area is 237 Å². The van der Waals surface area contributed by atoms with Gasteiger partial charge in [0.1, 0.15) is 0 Å². The van der Waals surface area contributed by atoms with Crippen LogP contribution in [0.15, 0.2) is 146 Å². The normalized spacial score (nSPS) is 11.9. The molecule has 0 N–H and O–H groups in total. The Balaban J connectivity index is 1.15. The van der Waals surface area contributed by atoms with Crippen molar-refractivity contribution in [2.75, 3.05) is 0 Å². The lowest BCUT2D eigenvalue weighted by atomic mass is 9.99. The standard InChI is InChI=1S/C39H24N2/c1-2-10-29(11-3-1)41-36-16-7-6-13-31(36)34-23-27(21-22-37(34)41)25-17-19-26(20-18-25)35-24-28-9-8-15-32-30-12-4-5-14-33(30)39(40-35)38(28)32/h1-24H. The smallest absolute Gasteiger partial charge is 0.0800 e. The lowest BCUT2D eigenvalue weighted by Crippen LogP contribution is -1.92. The zero-order valence-electron chi connectivity index (χ0n) is 22.3. The van der Waals surface area contributed by atoms with E-state index in [1.165, 1.54) is 66.1 Å². The number of nitrogens with zero attached hydrogens (tertiary/aromatic N) is 2. The number of fused-ring (bicyclic) bond motifs is 6. The monoisotopic (exact) mass is 520 g/mol. The number of benzene rings is 6. The third kappa shape index (κ3) is 3.28. The van der Waals surface area contributed by atoms with Gasteiger partial charge in [-0.05, 0) is 64.0 Å². The van der Waals surface area contributed by atoms with E-state index in [0.717, 1.165) is 17.0 Å². The van der Waals surface area contributed by atoms with Gasteiger partial charge in [0.2, 0.25) is 0 Å². The molecule has 0 amide bonds. The fraction of sp³-hybridized carbons (Fsp3) is 0. The maximum absolute atomic E-state index is 5.19. The van der Waals surface area contributed by atoms with Crippen LogP contribution in [0.4, 0.5) is 0 Å². The Morgan fingerprint density at radius 2 is 1.12 bits per heavy atom. The van der Waals surface area contributed by atoms with Crippen LogP contribution in [0.3, 0.4) is 0 Å². The Morgan fingerprint density at radius 3 is 2.00 bits per heavy atom. The van der Waals surface area contributed by atoms with Crippen LogP contribution in [-0.2, 0) is 0 Å². The molecule has 0 spiro atoms. The van der Waals surface area contributed by atoms with Crippen molar-refractivity contribution in [3.63, 3.8) is 0 Å². The topological polar surface area (TPSA) is 17.8 Å². The van der Waals surface area contributed by atoms with Crippen LogP contribution in [0.2, 0.25) is 0 Å². The summed E-state index contributed by atoms with van der Waals surface area (Å²) in [5, 5.41) is 5.03. The SMILES string of the molecule is c1ccc(-n2c3ccccc3c3cc(-c4ccc(-c5cc6cccc7c6c(n5)-c5ccccc5-7)cc4)ccc32)cc1. The first-order chi connectivity index (χ1) is 20.3. The third-order valence-electron chi connectivity index (χ3n) is 8.53. The maximum atomic E-state index is 5.19. The summed E-state index contributed by atoms with van der Waals surface area (Å²) in [7, 11) is 0. The minimum Gasteiger partial charge on any atom is -0.309 e. The van der Waals surface area contributed by atoms with Gasteiger partial charge >= 0.3 is 0 Å². The summed E-state index contributed by atoms with van der Waals surface area (Å²) < 4.78 is 2.36. The molecule has 9 rings (SSSR count). The van der Waals surface area contributed by atoms with Crippen LogP contribution in [0.1, 0.15) is 0 Å². The summed E-state index contributed by atoms with van der Waals surface area (Å²) in [5.74, 6) is 0. The Hall–Kier alpha value is -5.47. The van der Waals surface area contributed by atoms with Crippen LogP contribution >= 0.6 is 0 Å². The molecule has 41 heavy (non-hydrogen) atoms. The molecule has 190 valence electrons. The van der Waals surface area contributed by atoms with Crippen molar-refractivity contribution in [3.8, 4) is 50.5 Å². The lowest BCUT2D eigenvalue weighted by molar-refractivity contribution is 1.18. The van der Waals surface area contributed by atoms with Crippen molar-refractivity contribution in [1.82, 2.24) is 9.55 Å². The van der Waals surface area contributed by atoms with Gasteiger partial charge in [-0.25, -0.2) is 4.98 Å². The fourth-order valence-electron chi connectivity index (χ4n) is 6.64. The van der Waals surface area contributed by atoms with Gasteiger partial charge in [-0.15, -0.1) is 0 Å². The molecule has 0 fully saturated rings. The minimum absolute atomic E-state index is 1.01. The van der Waals surface area contributed by atoms with Crippen molar-refractivity contribution < 1.29 is 0 Å². The summed E-state index contributed by atoms with van der Waals surface area (Å²) >= 11 is 0. The van der Waals surface area contributed by atoms with Gasteiger partial charge in [-0.1, -0.05) is 109 Å². The third-order valence-corrected chi connectivity index (χ3v) is 8.53. The van der Waals surface area contributed by atoms with E-state index in [2.05, 4.69) is 150 Å². The lowest BCUT2D eigenvalue weighted by Gasteiger charge is -2.09. The molecule has 2 nitrogen and oxygen atoms in total. The van der Waals surface area contributed by atoms with Crippen molar-refractivity contribution in [2.45, 2.75) is 0 Å². The minimum atomic E-state index is 1.01. The average Bonchev–Trinajstić information content (AvgIpc) is 3.55. The summed E-state index contributed by atoms with van der Waals surface area (Å²) in [5.41, 5.74) is 13.0. The van der Waals surface area contributed by atoms with Gasteiger partial charge in [-0.2, -0.15) is 0 Å².